The van der Waals surface area contributed by atoms with Gasteiger partial charge in [-0.2, -0.15) is 0 Å². The summed E-state index contributed by atoms with van der Waals surface area (Å²) in [6.07, 6.45) is 4.43. The Kier molecular flexibility index (Phi) is 4.98. The zero-order chi connectivity index (χ0) is 18.5. The van der Waals surface area contributed by atoms with Gasteiger partial charge < -0.3 is 20.8 Å². The lowest BCUT2D eigenvalue weighted by molar-refractivity contribution is -0.114. The summed E-state index contributed by atoms with van der Waals surface area (Å²) in [5.74, 6) is -0.102. The number of nitrogens with two attached hydrogens (primary N) is 1. The number of rotatable bonds is 5. The molecule has 2 heterocycles. The van der Waals surface area contributed by atoms with Gasteiger partial charge in [0.05, 0.1) is 0 Å². The molecule has 7 nitrogen and oxygen atoms in total. The van der Waals surface area contributed by atoms with Crippen LogP contribution >= 0.6 is 0 Å². The minimum absolute atomic E-state index is 0.102. The first-order chi connectivity index (χ1) is 12.5. The number of carbonyl (C=O) groups is 2. The number of pyridine rings is 1. The highest BCUT2D eigenvalue weighted by atomic mass is 16.5. The molecule has 0 unspecified atom stereocenters. The molecule has 0 saturated heterocycles. The van der Waals surface area contributed by atoms with Crippen molar-refractivity contribution in [2.45, 2.75) is 6.92 Å². The number of benzene rings is 1. The molecule has 0 fully saturated rings. The number of ether oxygens (including phenoxy) is 1. The fraction of sp³-hybridized carbons (Fsp3) is 0.105. The predicted octanol–water partition coefficient (Wildman–Crippen LogP) is 3.30. The van der Waals surface area contributed by atoms with Crippen LogP contribution < -0.4 is 11.1 Å². The molecule has 0 radical (unpaired) electrons. The standard InChI is InChI=1S/C19H18N4O3/c1-12(24)22-16-6-4-14(5-7-16)17-10-15-9-13(11-21-18(15)23-17)3-2-8-26-19(20)25/h2-7,9-11H,8H2,1H3,(H2,20,25)(H,21,23)(H,22,24). The van der Waals surface area contributed by atoms with Crippen molar-refractivity contribution in [2.24, 2.45) is 5.73 Å². The molecule has 0 aliphatic carbocycles. The first-order valence-electron chi connectivity index (χ1n) is 7.97. The van der Waals surface area contributed by atoms with Crippen LogP contribution in [0, 0.1) is 0 Å². The van der Waals surface area contributed by atoms with Gasteiger partial charge in [0.1, 0.15) is 12.3 Å². The second-order valence-electron chi connectivity index (χ2n) is 5.68. The Balaban J connectivity index is 1.78. The smallest absolute Gasteiger partial charge is 0.404 e. The van der Waals surface area contributed by atoms with Gasteiger partial charge >= 0.3 is 6.09 Å². The summed E-state index contributed by atoms with van der Waals surface area (Å²) in [5.41, 5.74) is 9.24. The fourth-order valence-corrected chi connectivity index (χ4v) is 2.53. The third kappa shape index (κ3) is 4.27. The summed E-state index contributed by atoms with van der Waals surface area (Å²) >= 11 is 0. The number of primary amides is 1. The molecule has 0 atom stereocenters. The summed E-state index contributed by atoms with van der Waals surface area (Å²) in [7, 11) is 0. The number of aromatic nitrogens is 2. The average molecular weight is 350 g/mol. The highest BCUT2D eigenvalue weighted by Gasteiger charge is 2.05. The number of fused-ring (bicyclic) bond motifs is 1. The number of carbonyl (C=O) groups excluding carboxylic acids is 2. The van der Waals surface area contributed by atoms with Gasteiger partial charge in [0.2, 0.25) is 5.91 Å². The van der Waals surface area contributed by atoms with E-state index < -0.39 is 6.09 Å². The van der Waals surface area contributed by atoms with Crippen LogP contribution in [0.5, 0.6) is 0 Å². The van der Waals surface area contributed by atoms with Gasteiger partial charge in [-0.15, -0.1) is 0 Å². The zero-order valence-electron chi connectivity index (χ0n) is 14.2. The van der Waals surface area contributed by atoms with Crippen LogP contribution in [-0.2, 0) is 9.53 Å². The molecular weight excluding hydrogens is 332 g/mol. The number of hydrogen-bond donors (Lipinski definition) is 3. The molecule has 3 aromatic rings. The zero-order valence-corrected chi connectivity index (χ0v) is 14.2. The number of amides is 2. The maximum absolute atomic E-state index is 11.1. The predicted molar refractivity (Wildman–Crippen MR) is 100 cm³/mol. The van der Waals surface area contributed by atoms with Crippen molar-refractivity contribution in [3.8, 4) is 11.3 Å². The van der Waals surface area contributed by atoms with Crippen LogP contribution in [0.25, 0.3) is 28.4 Å². The minimum atomic E-state index is -0.803. The summed E-state index contributed by atoms with van der Waals surface area (Å²) in [5, 5.41) is 3.70. The van der Waals surface area contributed by atoms with Crippen LogP contribution in [0.2, 0.25) is 0 Å². The molecule has 3 rings (SSSR count). The molecule has 132 valence electrons. The Hall–Kier alpha value is -3.61. The van der Waals surface area contributed by atoms with Gasteiger partial charge in [0.15, 0.2) is 0 Å². The number of nitrogens with zero attached hydrogens (tertiary/aromatic N) is 1. The van der Waals surface area contributed by atoms with E-state index in [-0.39, 0.29) is 12.5 Å². The van der Waals surface area contributed by atoms with Crippen molar-refractivity contribution in [3.05, 3.63) is 54.2 Å². The van der Waals surface area contributed by atoms with Crippen LogP contribution in [0.4, 0.5) is 10.5 Å². The first kappa shape index (κ1) is 17.2. The van der Waals surface area contributed by atoms with Crippen LogP contribution in [0.15, 0.2) is 48.7 Å². The molecule has 0 spiro atoms. The quantitative estimate of drug-likeness (QED) is 0.655. The monoisotopic (exact) mass is 350 g/mol. The van der Waals surface area contributed by atoms with Crippen molar-refractivity contribution in [1.82, 2.24) is 9.97 Å². The fourth-order valence-electron chi connectivity index (χ4n) is 2.53. The molecule has 26 heavy (non-hydrogen) atoms. The third-order valence-corrected chi connectivity index (χ3v) is 3.64. The average Bonchev–Trinajstić information content (AvgIpc) is 3.02. The number of hydrogen-bond acceptors (Lipinski definition) is 4. The normalized spacial score (nSPS) is 11.0. The van der Waals surface area contributed by atoms with E-state index in [2.05, 4.69) is 20.0 Å². The maximum atomic E-state index is 11.1. The molecule has 4 N–H and O–H groups in total. The second-order valence-corrected chi connectivity index (χ2v) is 5.68. The van der Waals surface area contributed by atoms with Crippen LogP contribution in [0.1, 0.15) is 12.5 Å². The molecule has 0 aliphatic rings. The molecule has 2 aromatic heterocycles. The number of aromatic amines is 1. The summed E-state index contributed by atoms with van der Waals surface area (Å²) in [4.78, 5) is 29.3. The van der Waals surface area contributed by atoms with E-state index >= 15 is 0 Å². The van der Waals surface area contributed by atoms with E-state index in [1.165, 1.54) is 6.92 Å². The van der Waals surface area contributed by atoms with Crippen molar-refractivity contribution >= 4 is 34.8 Å². The third-order valence-electron chi connectivity index (χ3n) is 3.64. The highest BCUT2D eigenvalue weighted by molar-refractivity contribution is 5.89. The highest BCUT2D eigenvalue weighted by Crippen LogP contribution is 2.25. The van der Waals surface area contributed by atoms with Crippen LogP contribution in [-0.4, -0.2) is 28.6 Å². The van der Waals surface area contributed by atoms with Gasteiger partial charge in [-0.1, -0.05) is 18.2 Å². The SMILES string of the molecule is CC(=O)Nc1ccc(-c2cc3cc(C=CCOC(N)=O)cnc3[nH]2)cc1. The van der Waals surface area contributed by atoms with Crippen molar-refractivity contribution < 1.29 is 14.3 Å². The molecule has 2 amide bonds. The molecule has 1 aromatic carbocycles. The second kappa shape index (κ2) is 7.52. The number of H-pyrrole nitrogens is 1. The summed E-state index contributed by atoms with van der Waals surface area (Å²) in [6, 6.07) is 11.5. The van der Waals surface area contributed by atoms with E-state index in [0.29, 0.717) is 0 Å². The van der Waals surface area contributed by atoms with Crippen LogP contribution in [0.3, 0.4) is 0 Å². The first-order valence-corrected chi connectivity index (χ1v) is 7.97. The molecule has 0 bridgehead atoms. The van der Waals surface area contributed by atoms with E-state index in [9.17, 15) is 9.59 Å². The lowest BCUT2D eigenvalue weighted by Crippen LogP contribution is -2.12. The van der Waals surface area contributed by atoms with E-state index in [0.717, 1.165) is 33.5 Å². The number of nitrogens with one attached hydrogen (secondary N) is 2. The van der Waals surface area contributed by atoms with Gasteiger partial charge in [-0.3, -0.25) is 4.79 Å². The molecular formula is C19H18N4O3. The van der Waals surface area contributed by atoms with Gasteiger partial charge in [-0.25, -0.2) is 9.78 Å². The largest absolute Gasteiger partial charge is 0.445 e. The van der Waals surface area contributed by atoms with Crippen molar-refractivity contribution in [1.29, 1.82) is 0 Å². The number of anilines is 1. The molecule has 0 aliphatic heterocycles. The van der Waals surface area contributed by atoms with Gasteiger partial charge in [0, 0.05) is 29.9 Å². The minimum Gasteiger partial charge on any atom is -0.445 e. The van der Waals surface area contributed by atoms with E-state index in [1.807, 2.05) is 42.5 Å². The van der Waals surface area contributed by atoms with Gasteiger partial charge in [0.25, 0.3) is 0 Å². The van der Waals surface area contributed by atoms with Crippen molar-refractivity contribution in [2.75, 3.05) is 11.9 Å². The lowest BCUT2D eigenvalue weighted by Gasteiger charge is -2.03. The Bertz CT molecular complexity index is 974. The Labute approximate surface area is 149 Å². The Morgan fingerprint density at radius 2 is 2.04 bits per heavy atom. The lowest BCUT2D eigenvalue weighted by atomic mass is 10.1. The Morgan fingerprint density at radius 3 is 2.73 bits per heavy atom. The topological polar surface area (TPSA) is 110 Å². The summed E-state index contributed by atoms with van der Waals surface area (Å²) < 4.78 is 4.65. The summed E-state index contributed by atoms with van der Waals surface area (Å²) in [6.45, 7) is 1.59. The molecule has 0 saturated carbocycles. The van der Waals surface area contributed by atoms with E-state index in [1.54, 1.807) is 12.3 Å². The van der Waals surface area contributed by atoms with Gasteiger partial charge in [-0.05, 0) is 41.5 Å². The maximum Gasteiger partial charge on any atom is 0.404 e. The van der Waals surface area contributed by atoms with E-state index in [4.69, 9.17) is 5.73 Å². The molecule has 7 heteroatoms. The Morgan fingerprint density at radius 1 is 1.27 bits per heavy atom. The van der Waals surface area contributed by atoms with Crippen molar-refractivity contribution in [3.63, 3.8) is 0 Å².